The number of hydrogen-bond donors (Lipinski definition) is 3. The van der Waals surface area contributed by atoms with E-state index in [-0.39, 0.29) is 55.4 Å². The molecule has 1 aromatic carbocycles. The lowest BCUT2D eigenvalue weighted by molar-refractivity contribution is -0.137. The van der Waals surface area contributed by atoms with Gasteiger partial charge in [-0.05, 0) is 73.8 Å². The quantitative estimate of drug-likeness (QED) is 0.299. The fourth-order valence-corrected chi connectivity index (χ4v) is 6.39. The van der Waals surface area contributed by atoms with Crippen LogP contribution >= 0.6 is 0 Å². The summed E-state index contributed by atoms with van der Waals surface area (Å²) in [6, 6.07) is 3.83. The summed E-state index contributed by atoms with van der Waals surface area (Å²) in [5, 5.41) is 12.4. The van der Waals surface area contributed by atoms with E-state index >= 15 is 4.39 Å². The summed E-state index contributed by atoms with van der Waals surface area (Å²) in [4.78, 5) is 54.2. The van der Waals surface area contributed by atoms with Crippen molar-refractivity contribution in [2.75, 3.05) is 18.4 Å². The van der Waals surface area contributed by atoms with Crippen molar-refractivity contribution >= 4 is 29.3 Å². The Kier molecular flexibility index (Phi) is 12.2. The highest BCUT2D eigenvalue weighted by atomic mass is 19.3. The number of nitrogens with zero attached hydrogens (tertiary/aromatic N) is 3. The van der Waals surface area contributed by atoms with Crippen molar-refractivity contribution in [3.05, 3.63) is 59.2 Å². The van der Waals surface area contributed by atoms with Crippen molar-refractivity contribution in [3.8, 4) is 0 Å². The van der Waals surface area contributed by atoms with Crippen molar-refractivity contribution in [1.29, 1.82) is 0 Å². The summed E-state index contributed by atoms with van der Waals surface area (Å²) >= 11 is 0. The van der Waals surface area contributed by atoms with Crippen LogP contribution in [0.15, 0.2) is 42.1 Å². The maximum Gasteiger partial charge on any atom is 0.270 e. The Hall–Kier alpha value is -4.16. The first-order valence-corrected chi connectivity index (χ1v) is 16.5. The zero-order valence-electron chi connectivity index (χ0n) is 27.5. The van der Waals surface area contributed by atoms with E-state index in [1.54, 1.807) is 26.0 Å². The maximum absolute atomic E-state index is 15.6. The van der Waals surface area contributed by atoms with Crippen molar-refractivity contribution in [3.63, 3.8) is 0 Å². The van der Waals surface area contributed by atoms with Crippen LogP contribution in [-0.2, 0) is 20.9 Å². The van der Waals surface area contributed by atoms with Gasteiger partial charge in [0.2, 0.25) is 17.7 Å². The highest BCUT2D eigenvalue weighted by molar-refractivity contribution is 6.00. The third-order valence-electron chi connectivity index (χ3n) is 9.48. The number of hydrogen-bond acceptors (Lipinski definition) is 5. The molecule has 2 heterocycles. The molecule has 10 nitrogen and oxygen atoms in total. The zero-order valence-corrected chi connectivity index (χ0v) is 27.5. The van der Waals surface area contributed by atoms with Crippen LogP contribution in [0.25, 0.3) is 0 Å². The van der Waals surface area contributed by atoms with Gasteiger partial charge in [-0.3, -0.25) is 23.9 Å². The highest BCUT2D eigenvalue weighted by Gasteiger charge is 2.35. The number of carbonyl (C=O) groups excluding carboxylic acids is 4. The minimum absolute atomic E-state index is 0.0170. The SMILES string of the molecule is CCC(=O)N[C@@H](C(=O)N1CCC(=C(F)F)CC1)[C@@H](C)c1ccc(NC(=O)[C@@H](NC(=O)c2ccnn2CC)C2CCC(C)CC2)c(F)c1. The molecular weight excluding hydrogens is 613 g/mol. The van der Waals surface area contributed by atoms with Crippen molar-refractivity contribution in [2.24, 2.45) is 11.8 Å². The molecule has 47 heavy (non-hydrogen) atoms. The summed E-state index contributed by atoms with van der Waals surface area (Å²) < 4.78 is 43.3. The van der Waals surface area contributed by atoms with Gasteiger partial charge in [0.25, 0.3) is 12.0 Å². The Labute approximate surface area is 273 Å². The topological polar surface area (TPSA) is 125 Å². The lowest BCUT2D eigenvalue weighted by atomic mass is 9.79. The Morgan fingerprint density at radius 2 is 1.68 bits per heavy atom. The average Bonchev–Trinajstić information content (AvgIpc) is 3.56. The van der Waals surface area contributed by atoms with Crippen LogP contribution in [0.2, 0.25) is 0 Å². The lowest BCUT2D eigenvalue weighted by Gasteiger charge is -2.34. The van der Waals surface area contributed by atoms with Gasteiger partial charge in [0.1, 0.15) is 23.6 Å². The van der Waals surface area contributed by atoms with E-state index in [0.29, 0.717) is 23.7 Å². The molecule has 1 aliphatic carbocycles. The number of likely N-dealkylation sites (tertiary alicyclic amines) is 1. The Morgan fingerprint density at radius 1 is 1.00 bits per heavy atom. The van der Waals surface area contributed by atoms with Crippen LogP contribution in [0.3, 0.4) is 0 Å². The number of amides is 4. The number of aromatic nitrogens is 2. The van der Waals surface area contributed by atoms with Crippen LogP contribution < -0.4 is 16.0 Å². The lowest BCUT2D eigenvalue weighted by Crippen LogP contribution is -2.52. The number of aryl methyl sites for hydroxylation is 1. The van der Waals surface area contributed by atoms with Gasteiger partial charge < -0.3 is 20.9 Å². The van der Waals surface area contributed by atoms with E-state index in [9.17, 15) is 28.0 Å². The van der Waals surface area contributed by atoms with Crippen LogP contribution in [0.5, 0.6) is 0 Å². The van der Waals surface area contributed by atoms with Gasteiger partial charge in [-0.2, -0.15) is 13.9 Å². The van der Waals surface area contributed by atoms with Crippen molar-refractivity contribution < 1.29 is 32.3 Å². The first-order valence-electron chi connectivity index (χ1n) is 16.5. The molecule has 3 N–H and O–H groups in total. The largest absolute Gasteiger partial charge is 0.344 e. The molecule has 1 aliphatic heterocycles. The first-order chi connectivity index (χ1) is 22.4. The molecule has 13 heteroatoms. The highest BCUT2D eigenvalue weighted by Crippen LogP contribution is 2.32. The van der Waals surface area contributed by atoms with Gasteiger partial charge >= 0.3 is 0 Å². The smallest absolute Gasteiger partial charge is 0.270 e. The van der Waals surface area contributed by atoms with Crippen molar-refractivity contribution in [1.82, 2.24) is 25.3 Å². The molecule has 2 fully saturated rings. The van der Waals surface area contributed by atoms with E-state index in [2.05, 4.69) is 28.0 Å². The molecule has 2 aromatic rings. The minimum Gasteiger partial charge on any atom is -0.344 e. The summed E-state index contributed by atoms with van der Waals surface area (Å²) in [5.41, 5.74) is 0.663. The fraction of sp³-hybridized carbons (Fsp3) is 0.559. The van der Waals surface area contributed by atoms with Gasteiger partial charge in [-0.1, -0.05) is 39.7 Å². The van der Waals surface area contributed by atoms with Gasteiger partial charge in [0, 0.05) is 38.2 Å². The molecule has 0 unspecified atom stereocenters. The standard InChI is InChI=1S/C34H45F3N6O4/c1-5-28(44)40-29(34(47)42-17-14-23(15-18-42)31(36)37)21(4)24-11-12-26(25(35)19-24)39-33(46)30(22-9-7-20(3)8-10-22)41-32(45)27-13-16-38-43(27)6-2/h11-13,16,19-22,29-30H,5-10,14-15,17-18H2,1-4H3,(H,39,46)(H,40,44)(H,41,45)/t20?,21-,22?,29+,30-/m0/s1. The number of carbonyl (C=O) groups is 4. The summed E-state index contributed by atoms with van der Waals surface area (Å²) in [5.74, 6) is -2.81. The summed E-state index contributed by atoms with van der Waals surface area (Å²) in [6.07, 6.45) is 3.30. The van der Waals surface area contributed by atoms with E-state index in [0.717, 1.165) is 25.7 Å². The molecular formula is C34H45F3N6O4. The van der Waals surface area contributed by atoms with E-state index in [4.69, 9.17) is 0 Å². The molecule has 1 aromatic heterocycles. The average molecular weight is 659 g/mol. The second kappa shape index (κ2) is 16.1. The Bertz CT molecular complexity index is 1470. The first kappa shape index (κ1) is 35.7. The number of halogens is 3. The Balaban J connectivity index is 1.51. The van der Waals surface area contributed by atoms with E-state index in [1.165, 1.54) is 27.9 Å². The number of nitrogens with one attached hydrogen (secondary N) is 3. The van der Waals surface area contributed by atoms with E-state index in [1.807, 2.05) is 6.92 Å². The second-order valence-corrected chi connectivity index (χ2v) is 12.6. The molecule has 0 spiro atoms. The van der Waals surface area contributed by atoms with Crippen LogP contribution in [-0.4, -0.2) is 63.5 Å². The minimum atomic E-state index is -1.73. The molecule has 1 saturated heterocycles. The van der Waals surface area contributed by atoms with E-state index < -0.39 is 47.6 Å². The zero-order chi connectivity index (χ0) is 34.2. The molecule has 4 amide bonds. The summed E-state index contributed by atoms with van der Waals surface area (Å²) in [7, 11) is 0. The van der Waals surface area contributed by atoms with Gasteiger partial charge in [-0.25, -0.2) is 4.39 Å². The van der Waals surface area contributed by atoms with Crippen LogP contribution in [0, 0.1) is 17.7 Å². The third kappa shape index (κ3) is 8.81. The predicted octanol–water partition coefficient (Wildman–Crippen LogP) is 5.38. The monoisotopic (exact) mass is 658 g/mol. The molecule has 1 saturated carbocycles. The maximum atomic E-state index is 15.6. The number of piperidine rings is 1. The molecule has 3 atom stereocenters. The molecule has 4 rings (SSSR count). The number of anilines is 1. The van der Waals surface area contributed by atoms with Gasteiger partial charge in [-0.15, -0.1) is 0 Å². The molecule has 0 radical (unpaired) electrons. The normalized spacial score (nSPS) is 20.1. The van der Waals surface area contributed by atoms with Crippen molar-refractivity contribution in [2.45, 2.75) is 97.2 Å². The fourth-order valence-electron chi connectivity index (χ4n) is 6.39. The number of rotatable bonds is 11. The predicted molar refractivity (Wildman–Crippen MR) is 171 cm³/mol. The van der Waals surface area contributed by atoms with Gasteiger partial charge in [0.15, 0.2) is 0 Å². The van der Waals surface area contributed by atoms with Crippen LogP contribution in [0.1, 0.15) is 94.6 Å². The molecule has 2 aliphatic rings. The third-order valence-corrected chi connectivity index (χ3v) is 9.48. The van der Waals surface area contributed by atoms with Gasteiger partial charge in [0.05, 0.1) is 5.69 Å². The second-order valence-electron chi connectivity index (χ2n) is 12.6. The Morgan fingerprint density at radius 3 is 2.28 bits per heavy atom. The summed E-state index contributed by atoms with van der Waals surface area (Å²) in [6.45, 7) is 8.00. The van der Waals surface area contributed by atoms with Crippen LogP contribution in [0.4, 0.5) is 18.9 Å². The molecule has 256 valence electrons. The number of benzene rings is 1. The molecule has 0 bridgehead atoms.